The topological polar surface area (TPSA) is 47.3 Å². The normalized spacial score (nSPS) is 10.5. The molecule has 0 amide bonds. The molecular weight excluding hydrogens is 240 g/mol. The van der Waals surface area contributed by atoms with E-state index in [0.717, 1.165) is 11.3 Å². The molecule has 1 N–H and O–H groups in total. The van der Waals surface area contributed by atoms with Gasteiger partial charge in [-0.3, -0.25) is 0 Å². The molecule has 2 rings (SSSR count). The zero-order valence-corrected chi connectivity index (χ0v) is 10.2. The molecular formula is C12H13ClN2O2. The smallest absolute Gasteiger partial charge is 0.144 e. The summed E-state index contributed by atoms with van der Waals surface area (Å²) in [5, 5.41) is 13.6. The van der Waals surface area contributed by atoms with Gasteiger partial charge >= 0.3 is 0 Å². The van der Waals surface area contributed by atoms with Gasteiger partial charge in [0.15, 0.2) is 0 Å². The third kappa shape index (κ3) is 2.28. The maximum atomic E-state index is 8.90. The number of benzene rings is 1. The van der Waals surface area contributed by atoms with Gasteiger partial charge in [-0.05, 0) is 12.1 Å². The molecule has 1 heterocycles. The maximum Gasteiger partial charge on any atom is 0.144 e. The fourth-order valence-electron chi connectivity index (χ4n) is 1.63. The van der Waals surface area contributed by atoms with Crippen LogP contribution in [-0.4, -0.2) is 28.6 Å². The summed E-state index contributed by atoms with van der Waals surface area (Å²) in [6.45, 7) is 0.0529. The van der Waals surface area contributed by atoms with Crippen LogP contribution in [0, 0.1) is 0 Å². The van der Waals surface area contributed by atoms with E-state index in [2.05, 4.69) is 5.10 Å². The van der Waals surface area contributed by atoms with Crippen molar-refractivity contribution in [1.82, 2.24) is 9.78 Å². The van der Waals surface area contributed by atoms with E-state index in [1.165, 1.54) is 0 Å². The van der Waals surface area contributed by atoms with E-state index < -0.39 is 0 Å². The monoisotopic (exact) mass is 252 g/mol. The van der Waals surface area contributed by atoms with Crippen molar-refractivity contribution in [3.05, 3.63) is 41.2 Å². The summed E-state index contributed by atoms with van der Waals surface area (Å²) in [5.74, 6) is 0.702. The van der Waals surface area contributed by atoms with E-state index in [4.69, 9.17) is 21.4 Å². The minimum Gasteiger partial charge on any atom is -0.494 e. The van der Waals surface area contributed by atoms with E-state index in [0.29, 0.717) is 17.3 Å². The summed E-state index contributed by atoms with van der Waals surface area (Å²) in [5.41, 5.74) is 1.60. The molecule has 4 nitrogen and oxygen atoms in total. The Bertz CT molecular complexity index is 511. The number of rotatable bonds is 4. The van der Waals surface area contributed by atoms with Gasteiger partial charge in [0, 0.05) is 18.6 Å². The largest absolute Gasteiger partial charge is 0.494 e. The molecule has 0 atom stereocenters. The molecule has 17 heavy (non-hydrogen) atoms. The van der Waals surface area contributed by atoms with Crippen LogP contribution >= 0.6 is 11.6 Å². The van der Waals surface area contributed by atoms with Crippen LogP contribution in [0.25, 0.3) is 5.69 Å². The Labute approximate surface area is 104 Å². The predicted octanol–water partition coefficient (Wildman–Crippen LogP) is 2.07. The van der Waals surface area contributed by atoms with E-state index in [9.17, 15) is 0 Å². The summed E-state index contributed by atoms with van der Waals surface area (Å²) >= 11 is 6.20. The molecule has 5 heteroatoms. The SMILES string of the molecule is COc1ccccc1-n1ncc(CCO)c1Cl. The minimum atomic E-state index is 0.0529. The van der Waals surface area contributed by atoms with Crippen LogP contribution in [0.5, 0.6) is 5.75 Å². The first-order valence-electron chi connectivity index (χ1n) is 5.24. The van der Waals surface area contributed by atoms with Gasteiger partial charge in [0.25, 0.3) is 0 Å². The number of para-hydroxylation sites is 2. The molecule has 0 spiro atoms. The van der Waals surface area contributed by atoms with Crippen molar-refractivity contribution in [2.24, 2.45) is 0 Å². The average Bonchev–Trinajstić information content (AvgIpc) is 2.72. The first-order chi connectivity index (χ1) is 8.27. The van der Waals surface area contributed by atoms with Crippen molar-refractivity contribution >= 4 is 11.6 Å². The molecule has 2 aromatic rings. The fourth-order valence-corrected chi connectivity index (χ4v) is 1.91. The zero-order valence-electron chi connectivity index (χ0n) is 9.43. The molecule has 1 aromatic carbocycles. The molecule has 1 aromatic heterocycles. The molecule has 90 valence electrons. The van der Waals surface area contributed by atoms with Crippen molar-refractivity contribution in [2.75, 3.05) is 13.7 Å². The van der Waals surface area contributed by atoms with Gasteiger partial charge in [0.05, 0.1) is 13.3 Å². The van der Waals surface area contributed by atoms with Crippen molar-refractivity contribution in [1.29, 1.82) is 0 Å². The summed E-state index contributed by atoms with van der Waals surface area (Å²) in [7, 11) is 1.60. The van der Waals surface area contributed by atoms with Crippen LogP contribution in [-0.2, 0) is 6.42 Å². The highest BCUT2D eigenvalue weighted by Gasteiger charge is 2.12. The van der Waals surface area contributed by atoms with Crippen LogP contribution in [0.4, 0.5) is 0 Å². The molecule has 0 aliphatic rings. The Balaban J connectivity index is 2.46. The molecule has 0 radical (unpaired) electrons. The highest BCUT2D eigenvalue weighted by molar-refractivity contribution is 6.30. The van der Waals surface area contributed by atoms with Crippen LogP contribution in [0.2, 0.25) is 5.15 Å². The van der Waals surface area contributed by atoms with Gasteiger partial charge < -0.3 is 9.84 Å². The highest BCUT2D eigenvalue weighted by atomic mass is 35.5. The van der Waals surface area contributed by atoms with Crippen molar-refractivity contribution < 1.29 is 9.84 Å². The molecule has 0 fully saturated rings. The Kier molecular flexibility index (Phi) is 3.66. The number of aromatic nitrogens is 2. The summed E-state index contributed by atoms with van der Waals surface area (Å²) in [6, 6.07) is 7.50. The number of ether oxygens (including phenoxy) is 1. The summed E-state index contributed by atoms with van der Waals surface area (Å²) in [6.07, 6.45) is 2.15. The second kappa shape index (κ2) is 5.21. The summed E-state index contributed by atoms with van der Waals surface area (Å²) in [4.78, 5) is 0. The number of hydrogen-bond donors (Lipinski definition) is 1. The second-order valence-corrected chi connectivity index (χ2v) is 3.88. The lowest BCUT2D eigenvalue weighted by molar-refractivity contribution is 0.299. The van der Waals surface area contributed by atoms with Crippen molar-refractivity contribution in [3.8, 4) is 11.4 Å². The molecule has 0 bridgehead atoms. The van der Waals surface area contributed by atoms with Gasteiger partial charge in [0.2, 0.25) is 0 Å². The van der Waals surface area contributed by atoms with E-state index in [-0.39, 0.29) is 6.61 Å². The molecule has 0 unspecified atom stereocenters. The Morgan fingerprint density at radius 2 is 2.18 bits per heavy atom. The summed E-state index contributed by atoms with van der Waals surface area (Å²) < 4.78 is 6.86. The lowest BCUT2D eigenvalue weighted by Crippen LogP contribution is -2.00. The number of halogens is 1. The van der Waals surface area contributed by atoms with E-state index in [1.807, 2.05) is 24.3 Å². The Morgan fingerprint density at radius 3 is 2.88 bits per heavy atom. The van der Waals surface area contributed by atoms with Crippen LogP contribution in [0.1, 0.15) is 5.56 Å². The van der Waals surface area contributed by atoms with Crippen molar-refractivity contribution in [3.63, 3.8) is 0 Å². The molecule has 0 aliphatic carbocycles. The van der Waals surface area contributed by atoms with Gasteiger partial charge in [-0.15, -0.1) is 0 Å². The second-order valence-electron chi connectivity index (χ2n) is 3.52. The molecule has 0 saturated heterocycles. The lowest BCUT2D eigenvalue weighted by atomic mass is 10.2. The Morgan fingerprint density at radius 1 is 1.41 bits per heavy atom. The number of hydrogen-bond acceptors (Lipinski definition) is 3. The van der Waals surface area contributed by atoms with Crippen LogP contribution < -0.4 is 4.74 Å². The average molecular weight is 253 g/mol. The number of aliphatic hydroxyl groups excluding tert-OH is 1. The van der Waals surface area contributed by atoms with Gasteiger partial charge in [-0.1, -0.05) is 23.7 Å². The fraction of sp³-hybridized carbons (Fsp3) is 0.250. The number of aliphatic hydroxyl groups is 1. The quantitative estimate of drug-likeness (QED) is 0.906. The molecule has 0 aliphatic heterocycles. The number of methoxy groups -OCH3 is 1. The Hall–Kier alpha value is -1.52. The predicted molar refractivity (Wildman–Crippen MR) is 65.9 cm³/mol. The standard InChI is InChI=1S/C12H13ClN2O2/c1-17-11-5-3-2-4-10(11)15-12(13)9(6-7-16)8-14-15/h2-5,8,16H,6-7H2,1H3. The molecule has 0 saturated carbocycles. The highest BCUT2D eigenvalue weighted by Crippen LogP contribution is 2.26. The minimum absolute atomic E-state index is 0.0529. The third-order valence-corrected chi connectivity index (χ3v) is 2.88. The van der Waals surface area contributed by atoms with Crippen LogP contribution in [0.3, 0.4) is 0 Å². The van der Waals surface area contributed by atoms with Crippen LogP contribution in [0.15, 0.2) is 30.5 Å². The van der Waals surface area contributed by atoms with Gasteiger partial charge in [0.1, 0.15) is 16.6 Å². The zero-order chi connectivity index (χ0) is 12.3. The van der Waals surface area contributed by atoms with E-state index in [1.54, 1.807) is 18.0 Å². The number of nitrogens with zero attached hydrogens (tertiary/aromatic N) is 2. The van der Waals surface area contributed by atoms with E-state index >= 15 is 0 Å². The third-order valence-electron chi connectivity index (χ3n) is 2.47. The first kappa shape index (κ1) is 12.0. The first-order valence-corrected chi connectivity index (χ1v) is 5.62. The van der Waals surface area contributed by atoms with Gasteiger partial charge in [-0.25, -0.2) is 4.68 Å². The lowest BCUT2D eigenvalue weighted by Gasteiger charge is -2.08. The van der Waals surface area contributed by atoms with Crippen molar-refractivity contribution in [2.45, 2.75) is 6.42 Å². The van der Waals surface area contributed by atoms with Gasteiger partial charge in [-0.2, -0.15) is 5.10 Å². The maximum absolute atomic E-state index is 8.90.